The van der Waals surface area contributed by atoms with Crippen LogP contribution in [0.1, 0.15) is 69.9 Å². The summed E-state index contributed by atoms with van der Waals surface area (Å²) in [5.74, 6) is 0.599. The van der Waals surface area contributed by atoms with E-state index < -0.39 is 0 Å². The predicted octanol–water partition coefficient (Wildman–Crippen LogP) is 15.4. The average molecular weight is 692 g/mol. The molecule has 0 amide bonds. The number of hydrogen-bond acceptors (Lipinski definition) is 2. The minimum Gasteiger partial charge on any atom is -0.308 e. The Balaban J connectivity index is 1.38. The topological polar surface area (TPSA) is 3.24 Å². The summed E-state index contributed by atoms with van der Waals surface area (Å²) in [6.07, 6.45) is 6.54. The molecule has 7 aromatic carbocycles. The molecule has 1 saturated carbocycles. The molecular weight excluding hydrogens is 647 g/mol. The first-order chi connectivity index (χ1) is 25.5. The lowest BCUT2D eigenvalue weighted by atomic mass is 9.80. The van der Waals surface area contributed by atoms with Crippen LogP contribution in [0.2, 0.25) is 0 Å². The molecule has 1 heterocycles. The lowest BCUT2D eigenvalue weighted by molar-refractivity contribution is 0.445. The number of para-hydroxylation sites is 1. The molecule has 0 N–H and O–H groups in total. The number of benzene rings is 7. The van der Waals surface area contributed by atoms with E-state index in [1.807, 2.05) is 11.3 Å². The van der Waals surface area contributed by atoms with Crippen molar-refractivity contribution in [1.29, 1.82) is 0 Å². The molecule has 9 rings (SSSR count). The molecule has 2 heteroatoms. The van der Waals surface area contributed by atoms with Crippen molar-refractivity contribution in [3.8, 4) is 22.3 Å². The van der Waals surface area contributed by atoms with Crippen molar-refractivity contribution in [2.24, 2.45) is 0 Å². The first kappa shape index (κ1) is 32.7. The monoisotopic (exact) mass is 691 g/mol. The van der Waals surface area contributed by atoms with Crippen LogP contribution in [0.15, 0.2) is 152 Å². The minimum atomic E-state index is -0.0245. The summed E-state index contributed by atoms with van der Waals surface area (Å²) in [6, 6.07) is 56.9. The number of anilines is 3. The summed E-state index contributed by atoms with van der Waals surface area (Å²) in [5, 5.41) is 5.36. The van der Waals surface area contributed by atoms with E-state index >= 15 is 0 Å². The Hall–Kier alpha value is -5.18. The second-order valence-corrected chi connectivity index (χ2v) is 16.6. The molecule has 1 aliphatic carbocycles. The van der Waals surface area contributed by atoms with Gasteiger partial charge < -0.3 is 4.90 Å². The largest absolute Gasteiger partial charge is 0.308 e. The Morgan fingerprint density at radius 2 is 1.21 bits per heavy atom. The fraction of sp³-hybridized carbons (Fsp3) is 0.200. The van der Waals surface area contributed by atoms with Gasteiger partial charge in [-0.05, 0) is 81.5 Å². The zero-order valence-corrected chi connectivity index (χ0v) is 31.2. The summed E-state index contributed by atoms with van der Waals surface area (Å²) in [5.41, 5.74) is 11.4. The van der Waals surface area contributed by atoms with Crippen LogP contribution >= 0.6 is 11.3 Å². The van der Waals surface area contributed by atoms with E-state index in [4.69, 9.17) is 0 Å². The van der Waals surface area contributed by atoms with Gasteiger partial charge in [0.1, 0.15) is 0 Å². The Bertz CT molecular complexity index is 2540. The van der Waals surface area contributed by atoms with Gasteiger partial charge in [-0.1, -0.05) is 167 Å². The molecule has 1 nitrogen and oxygen atoms in total. The highest BCUT2D eigenvalue weighted by atomic mass is 32.1. The van der Waals surface area contributed by atoms with Crippen molar-refractivity contribution in [2.75, 3.05) is 4.90 Å². The second kappa shape index (κ2) is 13.4. The van der Waals surface area contributed by atoms with Gasteiger partial charge in [-0.15, -0.1) is 11.3 Å². The zero-order chi connectivity index (χ0) is 35.2. The molecule has 1 aromatic heterocycles. The van der Waals surface area contributed by atoms with Crippen LogP contribution in [0, 0.1) is 0 Å². The quantitative estimate of drug-likeness (QED) is 0.168. The predicted molar refractivity (Wildman–Crippen MR) is 227 cm³/mol. The summed E-state index contributed by atoms with van der Waals surface area (Å²) >= 11 is 1.90. The van der Waals surface area contributed by atoms with Crippen LogP contribution in [0.4, 0.5) is 17.1 Å². The van der Waals surface area contributed by atoms with Gasteiger partial charge in [0, 0.05) is 26.6 Å². The molecular formula is C50H45NS. The van der Waals surface area contributed by atoms with Crippen molar-refractivity contribution < 1.29 is 0 Å². The van der Waals surface area contributed by atoms with Crippen LogP contribution in [0.25, 0.3) is 53.2 Å². The summed E-state index contributed by atoms with van der Waals surface area (Å²) in [4.78, 5) is 2.59. The summed E-state index contributed by atoms with van der Waals surface area (Å²) < 4.78 is 2.62. The Morgan fingerprint density at radius 3 is 2.04 bits per heavy atom. The molecule has 0 bridgehead atoms. The lowest BCUT2D eigenvalue weighted by Gasteiger charge is -2.32. The third-order valence-electron chi connectivity index (χ3n) is 11.2. The fourth-order valence-corrected chi connectivity index (χ4v) is 9.79. The third kappa shape index (κ3) is 5.80. The van der Waals surface area contributed by atoms with Gasteiger partial charge in [0.05, 0.1) is 21.8 Å². The van der Waals surface area contributed by atoms with Crippen molar-refractivity contribution in [3.05, 3.63) is 163 Å². The number of rotatable bonds is 6. The van der Waals surface area contributed by atoms with Crippen molar-refractivity contribution in [3.63, 3.8) is 0 Å². The first-order valence-electron chi connectivity index (χ1n) is 19.0. The molecule has 0 radical (unpaired) electrons. The maximum Gasteiger partial charge on any atom is 0.0640 e. The maximum absolute atomic E-state index is 2.59. The maximum atomic E-state index is 2.59. The number of hydrogen-bond donors (Lipinski definition) is 0. The highest BCUT2D eigenvalue weighted by Gasteiger charge is 2.27. The molecule has 0 saturated heterocycles. The number of fused-ring (bicyclic) bond motifs is 4. The van der Waals surface area contributed by atoms with Gasteiger partial charge in [0.2, 0.25) is 0 Å². The normalized spacial score (nSPS) is 14.0. The zero-order valence-electron chi connectivity index (χ0n) is 30.4. The second-order valence-electron chi connectivity index (χ2n) is 15.5. The Morgan fingerprint density at radius 1 is 0.538 bits per heavy atom. The number of thiophene rings is 1. The highest BCUT2D eigenvalue weighted by Crippen LogP contribution is 2.51. The van der Waals surface area contributed by atoms with Gasteiger partial charge in [-0.3, -0.25) is 0 Å². The van der Waals surface area contributed by atoms with Gasteiger partial charge in [0.25, 0.3) is 0 Å². The third-order valence-corrected chi connectivity index (χ3v) is 12.4. The van der Waals surface area contributed by atoms with Crippen LogP contribution in [-0.4, -0.2) is 0 Å². The fourth-order valence-electron chi connectivity index (χ4n) is 8.59. The molecule has 0 atom stereocenters. The van der Waals surface area contributed by atoms with E-state index in [1.54, 1.807) is 0 Å². The van der Waals surface area contributed by atoms with Gasteiger partial charge in [-0.25, -0.2) is 0 Å². The van der Waals surface area contributed by atoms with Crippen molar-refractivity contribution >= 4 is 59.3 Å². The van der Waals surface area contributed by atoms with Crippen molar-refractivity contribution in [1.82, 2.24) is 0 Å². The molecule has 0 spiro atoms. The van der Waals surface area contributed by atoms with E-state index in [9.17, 15) is 0 Å². The minimum absolute atomic E-state index is 0.0245. The molecule has 1 aliphatic rings. The highest BCUT2D eigenvalue weighted by molar-refractivity contribution is 7.26. The SMILES string of the molecule is CC(C)(C)c1ccc(-c2ccccc2)c(N(c2ccccc2-c2cccc3cccc(C4CCCCC4)c23)c2cccc3c2sc2ccccc23)c1. The molecule has 0 unspecified atom stereocenters. The van der Waals surface area contributed by atoms with Crippen LogP contribution in [-0.2, 0) is 5.41 Å². The van der Waals surface area contributed by atoms with Crippen LogP contribution in [0.3, 0.4) is 0 Å². The molecule has 52 heavy (non-hydrogen) atoms. The molecule has 0 aliphatic heterocycles. The van der Waals surface area contributed by atoms with E-state index in [1.165, 1.54) is 113 Å². The Kier molecular flexibility index (Phi) is 8.44. The molecule has 8 aromatic rings. The summed E-state index contributed by atoms with van der Waals surface area (Å²) in [7, 11) is 0. The van der Waals surface area contributed by atoms with E-state index in [2.05, 4.69) is 177 Å². The van der Waals surface area contributed by atoms with Crippen molar-refractivity contribution in [2.45, 2.75) is 64.2 Å². The van der Waals surface area contributed by atoms with E-state index in [-0.39, 0.29) is 5.41 Å². The lowest BCUT2D eigenvalue weighted by Crippen LogP contribution is -2.16. The molecule has 256 valence electrons. The number of nitrogens with zero attached hydrogens (tertiary/aromatic N) is 1. The van der Waals surface area contributed by atoms with Gasteiger partial charge in [0.15, 0.2) is 0 Å². The van der Waals surface area contributed by atoms with E-state index in [0.29, 0.717) is 5.92 Å². The molecule has 1 fully saturated rings. The van der Waals surface area contributed by atoms with Gasteiger partial charge >= 0.3 is 0 Å². The average Bonchev–Trinajstić information content (AvgIpc) is 3.58. The van der Waals surface area contributed by atoms with Crippen LogP contribution in [0.5, 0.6) is 0 Å². The standard InChI is InChI=1S/C50H45NS/c1-50(2,3)37-31-32-38(34-17-6-4-7-18-34)46(33-37)51(45-29-16-27-43-41-24-11-13-30-47(41)52-49(43)45)44-28-12-10-23-40(44)42-26-15-22-36-21-14-25-39(48(36)42)35-19-8-5-9-20-35/h4,6-7,10-18,21-33,35H,5,8-9,19-20H2,1-3H3. The summed E-state index contributed by atoms with van der Waals surface area (Å²) in [6.45, 7) is 6.96. The van der Waals surface area contributed by atoms with E-state index in [0.717, 1.165) is 0 Å². The first-order valence-corrected chi connectivity index (χ1v) is 19.8. The van der Waals surface area contributed by atoms with Crippen LogP contribution < -0.4 is 4.90 Å². The van der Waals surface area contributed by atoms with Gasteiger partial charge in [-0.2, -0.15) is 0 Å². The Labute approximate surface area is 312 Å². The smallest absolute Gasteiger partial charge is 0.0640 e.